The molecule has 2 amide bonds. The van der Waals surface area contributed by atoms with E-state index in [1.54, 1.807) is 36.4 Å². The van der Waals surface area contributed by atoms with Crippen molar-refractivity contribution >= 4 is 37.0 Å². The van der Waals surface area contributed by atoms with Crippen LogP contribution in [0.25, 0.3) is 0 Å². The molecule has 10 nitrogen and oxygen atoms in total. The van der Waals surface area contributed by atoms with Crippen molar-refractivity contribution in [3.63, 3.8) is 0 Å². The molecule has 0 saturated heterocycles. The van der Waals surface area contributed by atoms with Crippen LogP contribution in [0, 0.1) is 0 Å². The van der Waals surface area contributed by atoms with Crippen LogP contribution in [0.5, 0.6) is 0 Å². The Morgan fingerprint density at radius 3 is 1.65 bits per heavy atom. The summed E-state index contributed by atoms with van der Waals surface area (Å²) in [5, 5.41) is 25.0. The first-order valence-electron chi connectivity index (χ1n) is 11.1. The number of hydrogen-bond donors (Lipinski definition) is 4. The van der Waals surface area contributed by atoms with Crippen molar-refractivity contribution in [2.24, 2.45) is 0 Å². The van der Waals surface area contributed by atoms with Gasteiger partial charge in [0.2, 0.25) is 0 Å². The Bertz CT molecular complexity index is 956. The van der Waals surface area contributed by atoms with Gasteiger partial charge in [-0.05, 0) is 46.3 Å². The highest BCUT2D eigenvalue weighted by Crippen LogP contribution is 2.12. The van der Waals surface area contributed by atoms with Crippen molar-refractivity contribution in [1.82, 2.24) is 10.6 Å². The van der Waals surface area contributed by atoms with Gasteiger partial charge in [-0.3, -0.25) is 9.59 Å². The maximum atomic E-state index is 12.2. The third-order valence-electron chi connectivity index (χ3n) is 5.58. The molecule has 4 rings (SSSR count). The summed E-state index contributed by atoms with van der Waals surface area (Å²) in [6.07, 6.45) is 0. The Labute approximate surface area is 197 Å². The fraction of sp³-hybridized carbons (Fsp3) is 0.364. The van der Waals surface area contributed by atoms with E-state index in [2.05, 4.69) is 10.6 Å². The maximum absolute atomic E-state index is 12.2. The number of carbonyl (C=O) groups excluding carboxylic acids is 2. The molecule has 0 unspecified atom stereocenters. The molecular formula is C22H26B2N2O8. The molecule has 2 aromatic rings. The van der Waals surface area contributed by atoms with Crippen LogP contribution in [0.1, 0.15) is 31.8 Å². The normalized spacial score (nSPS) is 14.2. The fourth-order valence-electron chi connectivity index (χ4n) is 3.71. The first-order chi connectivity index (χ1) is 16.5. The summed E-state index contributed by atoms with van der Waals surface area (Å²) < 4.78 is 21.1. The second-order valence-electron chi connectivity index (χ2n) is 7.89. The first-order valence-corrected chi connectivity index (χ1v) is 11.1. The lowest BCUT2D eigenvalue weighted by molar-refractivity contribution is 0.0486. The Kier molecular flexibility index (Phi) is 8.33. The highest BCUT2D eigenvalue weighted by molar-refractivity contribution is 6.62. The number of carbonyl (C=O) groups is 2. The van der Waals surface area contributed by atoms with Gasteiger partial charge in [0.05, 0.1) is 39.6 Å². The van der Waals surface area contributed by atoms with Crippen LogP contribution in [0.2, 0.25) is 0 Å². The molecule has 0 radical (unpaired) electrons. The van der Waals surface area contributed by atoms with E-state index in [1.807, 2.05) is 0 Å². The molecule has 0 aromatic heterocycles. The van der Waals surface area contributed by atoms with Crippen LogP contribution in [0.15, 0.2) is 36.4 Å². The zero-order valence-corrected chi connectivity index (χ0v) is 18.6. The molecule has 2 heterocycles. The van der Waals surface area contributed by atoms with Gasteiger partial charge < -0.3 is 39.5 Å². The minimum Gasteiger partial charge on any atom is -0.423 e. The van der Waals surface area contributed by atoms with Gasteiger partial charge >= 0.3 is 14.2 Å². The Morgan fingerprint density at radius 2 is 1.21 bits per heavy atom. The second-order valence-corrected chi connectivity index (χ2v) is 7.89. The van der Waals surface area contributed by atoms with E-state index in [0.29, 0.717) is 74.8 Å². The van der Waals surface area contributed by atoms with Crippen LogP contribution < -0.4 is 21.6 Å². The van der Waals surface area contributed by atoms with Crippen LogP contribution in [-0.2, 0) is 32.0 Å². The van der Waals surface area contributed by atoms with Crippen LogP contribution in [0.3, 0.4) is 0 Å². The van der Waals surface area contributed by atoms with Crippen LogP contribution in [0.4, 0.5) is 0 Å². The fourth-order valence-corrected chi connectivity index (χ4v) is 3.71. The maximum Gasteiger partial charge on any atom is 0.491 e. The van der Waals surface area contributed by atoms with Crippen molar-refractivity contribution in [3.05, 3.63) is 58.7 Å². The second kappa shape index (κ2) is 11.6. The molecule has 0 spiro atoms. The van der Waals surface area contributed by atoms with Gasteiger partial charge in [0.15, 0.2) is 0 Å². The lowest BCUT2D eigenvalue weighted by Crippen LogP contribution is -2.32. The van der Waals surface area contributed by atoms with E-state index in [9.17, 15) is 19.6 Å². The van der Waals surface area contributed by atoms with Crippen molar-refractivity contribution < 1.29 is 38.4 Å². The van der Waals surface area contributed by atoms with Crippen molar-refractivity contribution in [3.8, 4) is 0 Å². The van der Waals surface area contributed by atoms with E-state index >= 15 is 0 Å². The zero-order valence-electron chi connectivity index (χ0n) is 18.6. The van der Waals surface area contributed by atoms with Gasteiger partial charge in [-0.2, -0.15) is 0 Å². The molecule has 0 atom stereocenters. The Balaban J connectivity index is 1.03. The predicted molar refractivity (Wildman–Crippen MR) is 124 cm³/mol. The average Bonchev–Trinajstić information content (AvgIpc) is 3.41. The molecule has 2 aliphatic heterocycles. The smallest absolute Gasteiger partial charge is 0.423 e. The van der Waals surface area contributed by atoms with Crippen molar-refractivity contribution in [2.75, 3.05) is 39.5 Å². The Hall–Kier alpha value is -2.73. The number of amides is 2. The van der Waals surface area contributed by atoms with Gasteiger partial charge in [0.1, 0.15) is 0 Å². The summed E-state index contributed by atoms with van der Waals surface area (Å²) >= 11 is 0. The number of hydrogen-bond acceptors (Lipinski definition) is 8. The Morgan fingerprint density at radius 1 is 0.765 bits per heavy atom. The largest absolute Gasteiger partial charge is 0.491 e. The molecular weight excluding hydrogens is 442 g/mol. The summed E-state index contributed by atoms with van der Waals surface area (Å²) in [5.41, 5.74) is 3.92. The molecule has 0 bridgehead atoms. The van der Waals surface area contributed by atoms with E-state index in [4.69, 9.17) is 18.8 Å². The summed E-state index contributed by atoms with van der Waals surface area (Å²) in [4.78, 5) is 24.4. The standard InChI is InChI=1S/C22H26B2N2O8/c27-21(15-1-3-17-13-33-23(29)19(17)11-15)25-5-7-31-9-10-32-8-6-26-22(28)16-2-4-18-14-34-24(30)20(18)12-16/h1-4,11-12,29-30H,5-10,13-14H2,(H,25,27)(H,26,28). The molecule has 0 aliphatic carbocycles. The highest BCUT2D eigenvalue weighted by Gasteiger charge is 2.28. The molecule has 178 valence electrons. The molecule has 12 heteroatoms. The minimum atomic E-state index is -0.984. The topological polar surface area (TPSA) is 136 Å². The van der Waals surface area contributed by atoms with Gasteiger partial charge in [0.25, 0.3) is 11.8 Å². The van der Waals surface area contributed by atoms with Crippen LogP contribution in [-0.4, -0.2) is 75.6 Å². The predicted octanol–water partition coefficient (Wildman–Crippen LogP) is -1.68. The van der Waals surface area contributed by atoms with Gasteiger partial charge in [0, 0.05) is 24.2 Å². The summed E-state index contributed by atoms with van der Waals surface area (Å²) in [5.74, 6) is -0.495. The monoisotopic (exact) mass is 468 g/mol. The third-order valence-corrected chi connectivity index (χ3v) is 5.58. The molecule has 2 aromatic carbocycles. The third kappa shape index (κ3) is 6.03. The first kappa shape index (κ1) is 24.4. The van der Waals surface area contributed by atoms with E-state index in [1.165, 1.54) is 0 Å². The number of fused-ring (bicyclic) bond motifs is 2. The molecule has 34 heavy (non-hydrogen) atoms. The highest BCUT2D eigenvalue weighted by atomic mass is 16.5. The zero-order chi connectivity index (χ0) is 23.9. The molecule has 0 saturated carbocycles. The minimum absolute atomic E-state index is 0.247. The number of ether oxygens (including phenoxy) is 2. The summed E-state index contributed by atoms with van der Waals surface area (Å²) in [6, 6.07) is 10.2. The number of benzene rings is 2. The number of nitrogens with one attached hydrogen (secondary N) is 2. The quantitative estimate of drug-likeness (QED) is 0.227. The lowest BCUT2D eigenvalue weighted by Gasteiger charge is -2.09. The van der Waals surface area contributed by atoms with Crippen molar-refractivity contribution in [2.45, 2.75) is 13.2 Å². The van der Waals surface area contributed by atoms with E-state index < -0.39 is 14.2 Å². The molecule has 0 fully saturated rings. The summed E-state index contributed by atoms with van der Waals surface area (Å²) in [7, 11) is -1.97. The average molecular weight is 468 g/mol. The van der Waals surface area contributed by atoms with E-state index in [0.717, 1.165) is 11.1 Å². The van der Waals surface area contributed by atoms with Gasteiger partial charge in [-0.25, -0.2) is 0 Å². The van der Waals surface area contributed by atoms with Crippen molar-refractivity contribution in [1.29, 1.82) is 0 Å². The van der Waals surface area contributed by atoms with E-state index in [-0.39, 0.29) is 11.8 Å². The van der Waals surface area contributed by atoms with Gasteiger partial charge in [-0.1, -0.05) is 12.1 Å². The SMILES string of the molecule is O=C(NCCOCCOCCNC(=O)c1ccc2c(c1)B(O)OC2)c1ccc2c(c1)B(O)OC2. The lowest BCUT2D eigenvalue weighted by atomic mass is 9.79. The molecule has 4 N–H and O–H groups in total. The van der Waals surface area contributed by atoms with Crippen LogP contribution >= 0.6 is 0 Å². The number of rotatable bonds is 11. The van der Waals surface area contributed by atoms with Gasteiger partial charge in [-0.15, -0.1) is 0 Å². The summed E-state index contributed by atoms with van der Waals surface area (Å²) in [6.45, 7) is 2.74. The molecule has 2 aliphatic rings.